The molecule has 0 unspecified atom stereocenters. The minimum atomic E-state index is -4.60. The highest BCUT2D eigenvalue weighted by Gasteiger charge is 2.51. The number of ether oxygens (including phenoxy) is 1. The monoisotopic (exact) mass is 269 g/mol. The highest BCUT2D eigenvalue weighted by molar-refractivity contribution is 5.68. The summed E-state index contributed by atoms with van der Waals surface area (Å²) in [5, 5.41) is 11.7. The molecule has 18 heavy (non-hydrogen) atoms. The Labute approximate surface area is 103 Å². The molecule has 7 heteroatoms. The predicted octanol–water partition coefficient (Wildman–Crippen LogP) is 2.36. The number of carbonyl (C=O) groups is 1. The Morgan fingerprint density at radius 1 is 1.22 bits per heavy atom. The van der Waals surface area contributed by atoms with Crippen LogP contribution in [-0.2, 0) is 4.74 Å². The van der Waals surface area contributed by atoms with Crippen molar-refractivity contribution < 1.29 is 27.8 Å². The Morgan fingerprint density at radius 3 is 2.17 bits per heavy atom. The van der Waals surface area contributed by atoms with Crippen LogP contribution in [0.1, 0.15) is 39.5 Å². The molecule has 2 N–H and O–H groups in total. The topological polar surface area (TPSA) is 58.6 Å². The molecule has 0 radical (unpaired) electrons. The van der Waals surface area contributed by atoms with Gasteiger partial charge in [-0.2, -0.15) is 13.2 Å². The summed E-state index contributed by atoms with van der Waals surface area (Å²) < 4.78 is 41.9. The van der Waals surface area contributed by atoms with Gasteiger partial charge >= 0.3 is 12.3 Å². The summed E-state index contributed by atoms with van der Waals surface area (Å²) in [6, 6.07) is -0.232. The minimum Gasteiger partial charge on any atom is -0.434 e. The van der Waals surface area contributed by atoms with Gasteiger partial charge < -0.3 is 15.2 Å². The summed E-state index contributed by atoms with van der Waals surface area (Å²) >= 11 is 0. The molecule has 0 aromatic carbocycles. The fourth-order valence-corrected chi connectivity index (χ4v) is 1.71. The largest absolute Gasteiger partial charge is 0.434 e. The van der Waals surface area contributed by atoms with Gasteiger partial charge in [0, 0.05) is 6.04 Å². The van der Waals surface area contributed by atoms with Crippen molar-refractivity contribution in [1.82, 2.24) is 5.32 Å². The first-order valence-corrected chi connectivity index (χ1v) is 5.86. The lowest BCUT2D eigenvalue weighted by atomic mass is 9.93. The van der Waals surface area contributed by atoms with E-state index in [0.29, 0.717) is 25.7 Å². The number of alkyl carbamates (subject to hydrolysis) is 1. The van der Waals surface area contributed by atoms with Crippen molar-refractivity contribution in [1.29, 1.82) is 0 Å². The molecular weight excluding hydrogens is 251 g/mol. The number of amides is 1. The molecule has 106 valence electrons. The van der Waals surface area contributed by atoms with E-state index in [1.165, 1.54) is 0 Å². The number of rotatable bonds is 2. The molecule has 1 aliphatic rings. The third-order valence-electron chi connectivity index (χ3n) is 3.05. The predicted molar refractivity (Wildman–Crippen MR) is 58.0 cm³/mol. The molecule has 0 aromatic rings. The van der Waals surface area contributed by atoms with E-state index in [2.05, 4.69) is 10.1 Å². The summed E-state index contributed by atoms with van der Waals surface area (Å²) in [5.41, 5.74) is -2.51. The molecule has 0 atom stereocenters. The SMILES string of the molecule is CC(C)(OC(=O)NC1CCC(O)CC1)C(F)(F)F. The van der Waals surface area contributed by atoms with Gasteiger partial charge in [0.05, 0.1) is 6.10 Å². The first kappa shape index (κ1) is 15.1. The second-order valence-corrected chi connectivity index (χ2v) is 5.05. The van der Waals surface area contributed by atoms with Gasteiger partial charge in [-0.1, -0.05) is 0 Å². The number of carbonyl (C=O) groups excluding carboxylic acids is 1. The number of hydrogen-bond donors (Lipinski definition) is 2. The standard InChI is InChI=1S/C11H18F3NO3/c1-10(2,11(12,13)14)18-9(17)15-7-3-5-8(16)6-4-7/h7-8,16H,3-6H2,1-2H3,(H,15,17). The zero-order valence-corrected chi connectivity index (χ0v) is 10.4. The third-order valence-corrected chi connectivity index (χ3v) is 3.05. The quantitative estimate of drug-likeness (QED) is 0.809. The maximum atomic E-state index is 12.5. The van der Waals surface area contributed by atoms with Crippen LogP contribution in [0.2, 0.25) is 0 Å². The van der Waals surface area contributed by atoms with Gasteiger partial charge in [-0.05, 0) is 39.5 Å². The van der Waals surface area contributed by atoms with Gasteiger partial charge in [0.15, 0.2) is 0 Å². The second-order valence-electron chi connectivity index (χ2n) is 5.05. The molecule has 1 amide bonds. The van der Waals surface area contributed by atoms with Gasteiger partial charge in [0.25, 0.3) is 0 Å². The van der Waals surface area contributed by atoms with E-state index in [0.717, 1.165) is 13.8 Å². The Balaban J connectivity index is 2.42. The summed E-state index contributed by atoms with van der Waals surface area (Å²) in [4.78, 5) is 11.4. The molecule has 0 spiro atoms. The van der Waals surface area contributed by atoms with E-state index in [-0.39, 0.29) is 12.1 Å². The van der Waals surface area contributed by atoms with E-state index in [1.54, 1.807) is 0 Å². The van der Waals surface area contributed by atoms with Gasteiger partial charge in [-0.25, -0.2) is 4.79 Å². The summed E-state index contributed by atoms with van der Waals surface area (Å²) in [6.07, 6.45) is -3.90. The Kier molecular flexibility index (Phi) is 4.47. The molecule has 1 saturated carbocycles. The van der Waals surface area contributed by atoms with Crippen LogP contribution in [0.5, 0.6) is 0 Å². The average Bonchev–Trinajstić information content (AvgIpc) is 2.19. The Morgan fingerprint density at radius 2 is 1.72 bits per heavy atom. The zero-order valence-electron chi connectivity index (χ0n) is 10.4. The first-order valence-electron chi connectivity index (χ1n) is 5.86. The van der Waals surface area contributed by atoms with E-state index < -0.39 is 17.9 Å². The van der Waals surface area contributed by atoms with Crippen molar-refractivity contribution in [2.24, 2.45) is 0 Å². The molecule has 0 saturated heterocycles. The number of halogens is 3. The van der Waals surface area contributed by atoms with Crippen molar-refractivity contribution in [3.8, 4) is 0 Å². The van der Waals surface area contributed by atoms with Crippen molar-refractivity contribution >= 4 is 6.09 Å². The van der Waals surface area contributed by atoms with Crippen LogP contribution in [0.15, 0.2) is 0 Å². The van der Waals surface area contributed by atoms with E-state index in [1.807, 2.05) is 0 Å². The van der Waals surface area contributed by atoms with Crippen molar-refractivity contribution in [3.05, 3.63) is 0 Å². The van der Waals surface area contributed by atoms with Crippen LogP contribution >= 0.6 is 0 Å². The molecule has 1 aliphatic carbocycles. The molecule has 0 aromatic heterocycles. The van der Waals surface area contributed by atoms with Crippen LogP contribution in [0.3, 0.4) is 0 Å². The van der Waals surface area contributed by atoms with Crippen LogP contribution < -0.4 is 5.32 Å². The highest BCUT2D eigenvalue weighted by Crippen LogP contribution is 2.33. The number of aliphatic hydroxyl groups excluding tert-OH is 1. The first-order chi connectivity index (χ1) is 8.12. The maximum absolute atomic E-state index is 12.5. The molecule has 0 heterocycles. The van der Waals surface area contributed by atoms with E-state index in [9.17, 15) is 23.1 Å². The van der Waals surface area contributed by atoms with Crippen LogP contribution in [0, 0.1) is 0 Å². The molecular formula is C11H18F3NO3. The lowest BCUT2D eigenvalue weighted by Crippen LogP contribution is -2.48. The Hall–Kier alpha value is -0.980. The molecule has 1 rings (SSSR count). The van der Waals surface area contributed by atoms with Crippen molar-refractivity contribution in [2.75, 3.05) is 0 Å². The average molecular weight is 269 g/mol. The fourth-order valence-electron chi connectivity index (χ4n) is 1.71. The minimum absolute atomic E-state index is 0.232. The van der Waals surface area contributed by atoms with E-state index in [4.69, 9.17) is 0 Å². The van der Waals surface area contributed by atoms with Gasteiger partial charge in [-0.3, -0.25) is 0 Å². The molecule has 1 fully saturated rings. The number of nitrogens with one attached hydrogen (secondary N) is 1. The summed E-state index contributed by atoms with van der Waals surface area (Å²) in [7, 11) is 0. The number of alkyl halides is 3. The smallest absolute Gasteiger partial charge is 0.427 e. The second kappa shape index (κ2) is 5.34. The van der Waals surface area contributed by atoms with E-state index >= 15 is 0 Å². The van der Waals surface area contributed by atoms with Crippen LogP contribution in [-0.4, -0.2) is 35.1 Å². The number of hydrogen-bond acceptors (Lipinski definition) is 3. The van der Waals surface area contributed by atoms with Crippen LogP contribution in [0.25, 0.3) is 0 Å². The summed E-state index contributed by atoms with van der Waals surface area (Å²) in [5.74, 6) is 0. The van der Waals surface area contributed by atoms with Gasteiger partial charge in [-0.15, -0.1) is 0 Å². The van der Waals surface area contributed by atoms with Crippen molar-refractivity contribution in [2.45, 2.75) is 63.5 Å². The normalized spacial score (nSPS) is 25.7. The fraction of sp³-hybridized carbons (Fsp3) is 0.909. The third kappa shape index (κ3) is 4.04. The Bertz CT molecular complexity index is 296. The van der Waals surface area contributed by atoms with Gasteiger partial charge in [0.2, 0.25) is 5.60 Å². The summed E-state index contributed by atoms with van der Waals surface area (Å²) in [6.45, 7) is 1.61. The molecule has 0 aliphatic heterocycles. The van der Waals surface area contributed by atoms with Gasteiger partial charge in [0.1, 0.15) is 0 Å². The van der Waals surface area contributed by atoms with Crippen molar-refractivity contribution in [3.63, 3.8) is 0 Å². The maximum Gasteiger partial charge on any atom is 0.427 e. The molecule has 0 bridgehead atoms. The zero-order chi connectivity index (χ0) is 14.0. The van der Waals surface area contributed by atoms with Crippen LogP contribution in [0.4, 0.5) is 18.0 Å². The lowest BCUT2D eigenvalue weighted by Gasteiger charge is -2.30. The molecule has 4 nitrogen and oxygen atoms in total. The number of aliphatic hydroxyl groups is 1. The highest BCUT2D eigenvalue weighted by atomic mass is 19.4. The lowest BCUT2D eigenvalue weighted by molar-refractivity contribution is -0.244.